The molecule has 1 aliphatic rings. The molecule has 1 N–H and O–H groups in total. The molecule has 0 saturated carbocycles. The highest BCUT2D eigenvalue weighted by Gasteiger charge is 2.32. The first kappa shape index (κ1) is 22.7. The van der Waals surface area contributed by atoms with Crippen LogP contribution in [0.5, 0.6) is 5.75 Å². The fourth-order valence-electron chi connectivity index (χ4n) is 4.60. The quantitative estimate of drug-likeness (QED) is 0.527. The van der Waals surface area contributed by atoms with Gasteiger partial charge in [-0.25, -0.2) is 4.98 Å². The van der Waals surface area contributed by atoms with Crippen molar-refractivity contribution in [1.29, 1.82) is 0 Å². The number of piperazine rings is 1. The smallest absolute Gasteiger partial charge is 0.387 e. The molecule has 3 heterocycles. The van der Waals surface area contributed by atoms with Gasteiger partial charge in [0.2, 0.25) is 5.28 Å². The van der Waals surface area contributed by atoms with Crippen LogP contribution in [-0.2, 0) is 0 Å². The highest BCUT2D eigenvalue weighted by Crippen LogP contribution is 2.34. The first-order valence-electron chi connectivity index (χ1n) is 10.7. The molecule has 0 spiro atoms. The van der Waals surface area contributed by atoms with Gasteiger partial charge in [-0.3, -0.25) is 4.90 Å². The van der Waals surface area contributed by atoms with Crippen LogP contribution in [0.15, 0.2) is 24.3 Å². The molecule has 172 valence electrons. The minimum atomic E-state index is -2.82. The van der Waals surface area contributed by atoms with E-state index in [-0.39, 0.29) is 23.1 Å². The topological polar surface area (TPSA) is 70.2 Å². The average Bonchev–Trinajstić information content (AvgIpc) is 3.08. The van der Waals surface area contributed by atoms with Crippen molar-refractivity contribution in [3.8, 4) is 5.75 Å². The molecule has 2 aromatic heterocycles. The maximum absolute atomic E-state index is 12.5. The minimum Gasteiger partial charge on any atom is -0.435 e. The summed E-state index contributed by atoms with van der Waals surface area (Å²) in [5, 5.41) is 0.180. The highest BCUT2D eigenvalue weighted by molar-refractivity contribution is 6.28. The van der Waals surface area contributed by atoms with Crippen LogP contribution in [0.25, 0.3) is 11.2 Å². The summed E-state index contributed by atoms with van der Waals surface area (Å²) in [6, 6.07) is 7.29. The summed E-state index contributed by atoms with van der Waals surface area (Å²) in [6.07, 6.45) is 0. The summed E-state index contributed by atoms with van der Waals surface area (Å²) in [6.45, 7) is 7.96. The van der Waals surface area contributed by atoms with Crippen molar-refractivity contribution in [1.82, 2.24) is 24.8 Å². The molecule has 2 unspecified atom stereocenters. The van der Waals surface area contributed by atoms with Gasteiger partial charge in [-0.05, 0) is 49.1 Å². The number of hydrogen-bond donors (Lipinski definition) is 1. The lowest BCUT2D eigenvalue weighted by Gasteiger charge is -2.45. The Labute approximate surface area is 190 Å². The van der Waals surface area contributed by atoms with Gasteiger partial charge in [0.15, 0.2) is 11.5 Å². The fourth-order valence-corrected chi connectivity index (χ4v) is 4.76. The molecular weight excluding hydrogens is 438 g/mol. The molecule has 7 nitrogen and oxygen atoms in total. The number of aromatic amines is 1. The summed E-state index contributed by atoms with van der Waals surface area (Å²) < 4.78 is 29.5. The van der Waals surface area contributed by atoms with Crippen LogP contribution < -0.4 is 9.64 Å². The molecule has 0 radical (unpaired) electrons. The normalized spacial score (nSPS) is 18.7. The molecule has 1 aromatic carbocycles. The number of fused-ring (bicyclic) bond motifs is 1. The Morgan fingerprint density at radius 3 is 2.47 bits per heavy atom. The van der Waals surface area contributed by atoms with E-state index in [4.69, 9.17) is 11.6 Å². The Morgan fingerprint density at radius 2 is 1.84 bits per heavy atom. The van der Waals surface area contributed by atoms with Crippen molar-refractivity contribution < 1.29 is 13.5 Å². The van der Waals surface area contributed by atoms with E-state index in [9.17, 15) is 8.78 Å². The zero-order valence-corrected chi connectivity index (χ0v) is 19.3. The number of nitrogens with zero attached hydrogens (tertiary/aromatic N) is 5. The molecular formula is C22H27ClF2N6O. The summed E-state index contributed by atoms with van der Waals surface area (Å²) >= 11 is 6.17. The van der Waals surface area contributed by atoms with Gasteiger partial charge in [-0.1, -0.05) is 26.0 Å². The van der Waals surface area contributed by atoms with Gasteiger partial charge in [-0.2, -0.15) is 18.7 Å². The predicted octanol–water partition coefficient (Wildman–Crippen LogP) is 4.82. The number of imidazole rings is 1. The van der Waals surface area contributed by atoms with Crippen LogP contribution in [0.3, 0.4) is 0 Å². The van der Waals surface area contributed by atoms with Crippen molar-refractivity contribution in [2.45, 2.75) is 46.4 Å². The minimum absolute atomic E-state index is 0.156. The van der Waals surface area contributed by atoms with Crippen molar-refractivity contribution in [3.63, 3.8) is 0 Å². The third-order valence-corrected chi connectivity index (χ3v) is 5.99. The Bertz CT molecular complexity index is 1070. The molecule has 1 saturated heterocycles. The van der Waals surface area contributed by atoms with Gasteiger partial charge in [0.25, 0.3) is 0 Å². The van der Waals surface area contributed by atoms with Crippen LogP contribution in [-0.4, -0.2) is 57.1 Å². The largest absolute Gasteiger partial charge is 0.435 e. The van der Waals surface area contributed by atoms with Crippen molar-refractivity contribution in [2.75, 3.05) is 24.5 Å². The van der Waals surface area contributed by atoms with Crippen LogP contribution in [0.2, 0.25) is 5.28 Å². The number of aryl methyl sites for hydroxylation is 1. The molecule has 0 bridgehead atoms. The van der Waals surface area contributed by atoms with E-state index >= 15 is 0 Å². The molecule has 1 fully saturated rings. The predicted molar refractivity (Wildman–Crippen MR) is 120 cm³/mol. The van der Waals surface area contributed by atoms with Gasteiger partial charge in [-0.15, -0.1) is 0 Å². The second-order valence-electron chi connectivity index (χ2n) is 8.51. The fraction of sp³-hybridized carbons (Fsp3) is 0.500. The average molecular weight is 465 g/mol. The number of halogens is 3. The second kappa shape index (κ2) is 9.15. The van der Waals surface area contributed by atoms with E-state index in [2.05, 4.69) is 55.2 Å². The Hall–Kier alpha value is -2.52. The third kappa shape index (κ3) is 4.63. The van der Waals surface area contributed by atoms with Crippen LogP contribution >= 0.6 is 11.6 Å². The molecule has 0 aliphatic carbocycles. The summed E-state index contributed by atoms with van der Waals surface area (Å²) in [5.74, 6) is 2.04. The first-order chi connectivity index (χ1) is 15.2. The maximum Gasteiger partial charge on any atom is 0.387 e. The van der Waals surface area contributed by atoms with E-state index in [1.807, 2.05) is 19.1 Å². The van der Waals surface area contributed by atoms with Crippen molar-refractivity contribution in [3.05, 3.63) is 40.9 Å². The van der Waals surface area contributed by atoms with Crippen molar-refractivity contribution in [2.24, 2.45) is 5.92 Å². The Kier molecular flexibility index (Phi) is 6.48. The molecule has 3 aromatic rings. The molecule has 1 aliphatic heterocycles. The lowest BCUT2D eigenvalue weighted by atomic mass is 9.93. The van der Waals surface area contributed by atoms with E-state index in [1.54, 1.807) is 12.1 Å². The lowest BCUT2D eigenvalue weighted by Crippen LogP contribution is -2.54. The number of anilines is 1. The monoisotopic (exact) mass is 464 g/mol. The molecule has 0 amide bonds. The van der Waals surface area contributed by atoms with E-state index in [0.717, 1.165) is 42.4 Å². The summed E-state index contributed by atoms with van der Waals surface area (Å²) in [7, 11) is 0. The number of hydrogen-bond acceptors (Lipinski definition) is 6. The maximum atomic E-state index is 12.5. The summed E-state index contributed by atoms with van der Waals surface area (Å²) in [4.78, 5) is 21.1. The zero-order valence-electron chi connectivity index (χ0n) is 18.5. The van der Waals surface area contributed by atoms with Gasteiger partial charge in [0.05, 0.1) is 0 Å². The first-order valence-corrected chi connectivity index (χ1v) is 11.1. The van der Waals surface area contributed by atoms with E-state index in [1.165, 1.54) is 0 Å². The molecule has 10 heteroatoms. The Morgan fingerprint density at radius 1 is 1.12 bits per heavy atom. The Balaban J connectivity index is 1.55. The SMILES string of the molecule is Cc1nc2nc(Cl)nc(N3CCN(C(c4ccc(OC(F)F)cc4)C(C)C)CC3C)c2[nH]1. The lowest BCUT2D eigenvalue weighted by molar-refractivity contribution is -0.0498. The zero-order chi connectivity index (χ0) is 23.0. The summed E-state index contributed by atoms with van der Waals surface area (Å²) in [5.41, 5.74) is 2.44. The van der Waals surface area contributed by atoms with E-state index < -0.39 is 6.61 Å². The van der Waals surface area contributed by atoms with Crippen molar-refractivity contribution >= 4 is 28.6 Å². The number of rotatable bonds is 6. The second-order valence-corrected chi connectivity index (χ2v) is 8.85. The number of nitrogens with one attached hydrogen (secondary N) is 1. The molecule has 2 atom stereocenters. The van der Waals surface area contributed by atoms with Crippen LogP contribution in [0.4, 0.5) is 14.6 Å². The molecule has 32 heavy (non-hydrogen) atoms. The van der Waals surface area contributed by atoms with Crippen LogP contribution in [0, 0.1) is 12.8 Å². The number of aromatic nitrogens is 4. The number of H-pyrrole nitrogens is 1. The number of ether oxygens (including phenoxy) is 1. The third-order valence-electron chi connectivity index (χ3n) is 5.83. The van der Waals surface area contributed by atoms with E-state index in [0.29, 0.717) is 11.6 Å². The number of alkyl halides is 2. The van der Waals surface area contributed by atoms with Gasteiger partial charge in [0, 0.05) is 31.7 Å². The molecule has 4 rings (SSSR count). The number of benzene rings is 1. The van der Waals surface area contributed by atoms with Crippen LogP contribution in [0.1, 0.15) is 38.2 Å². The van der Waals surface area contributed by atoms with Gasteiger partial charge >= 0.3 is 6.61 Å². The van der Waals surface area contributed by atoms with Gasteiger partial charge in [0.1, 0.15) is 17.1 Å². The highest BCUT2D eigenvalue weighted by atomic mass is 35.5. The standard InChI is InChI=1S/C22H27ClF2N6O/c1-12(2)18(15-5-7-16(8-6-15)32-22(24)25)30-9-10-31(13(3)11-30)20-17-19(27-14(4)26-17)28-21(23)29-20/h5-8,12-13,18,22H,9-11H2,1-4H3,(H,26,27,28,29). The van der Waals surface area contributed by atoms with Gasteiger partial charge < -0.3 is 14.6 Å².